The molecule has 1 unspecified atom stereocenters. The molecule has 0 aliphatic carbocycles. The topological polar surface area (TPSA) is 82.0 Å². The van der Waals surface area contributed by atoms with Gasteiger partial charge in [-0.25, -0.2) is 0 Å². The molecule has 0 aliphatic heterocycles. The number of ether oxygens (including phenoxy) is 1. The molecule has 0 fully saturated rings. The summed E-state index contributed by atoms with van der Waals surface area (Å²) in [5, 5.41) is 31.2. The first-order valence-electron chi connectivity index (χ1n) is 13.3. The first kappa shape index (κ1) is 33.0. The van der Waals surface area contributed by atoms with Gasteiger partial charge in [-0.1, -0.05) is 111 Å². The Morgan fingerprint density at radius 1 is 0.710 bits per heavy atom. The Labute approximate surface area is 194 Å². The number of β-amino-alcohol motifs (C(OH)–C–C–N with tert-alkyl or cyclic N) is 1. The average Bonchev–Trinajstić information content (AvgIpc) is 2.80. The lowest BCUT2D eigenvalue weighted by molar-refractivity contribution is 0.0236. The summed E-state index contributed by atoms with van der Waals surface area (Å²) in [6, 6.07) is 0. The molecule has 5 nitrogen and oxygen atoms in total. The summed E-state index contributed by atoms with van der Waals surface area (Å²) < 4.78 is 5.53. The zero-order valence-electron chi connectivity index (χ0n) is 21.5. The number of rotatable bonds is 23. The van der Waals surface area contributed by atoms with Gasteiger partial charge in [0.25, 0.3) is 0 Å². The lowest BCUT2D eigenvalue weighted by Gasteiger charge is -2.27. The third kappa shape index (κ3) is 24.3. The summed E-state index contributed by atoms with van der Waals surface area (Å²) >= 11 is 0. The van der Waals surface area contributed by atoms with Gasteiger partial charge in [-0.15, -0.1) is 0 Å². The van der Waals surface area contributed by atoms with E-state index in [1.165, 1.54) is 89.9 Å². The molecule has 5 heteroatoms. The Bertz CT molecular complexity index is 325. The van der Waals surface area contributed by atoms with Gasteiger partial charge in [-0.2, -0.15) is 0 Å². The van der Waals surface area contributed by atoms with E-state index in [2.05, 4.69) is 12.2 Å². The lowest BCUT2D eigenvalue weighted by Crippen LogP contribution is -2.52. The zero-order valence-corrected chi connectivity index (χ0v) is 21.5. The Balaban J connectivity index is 0. The Hall–Kier alpha value is -0.200. The van der Waals surface area contributed by atoms with Crippen molar-refractivity contribution in [3.8, 4) is 0 Å². The van der Waals surface area contributed by atoms with Crippen molar-refractivity contribution in [1.29, 1.82) is 0 Å². The van der Waals surface area contributed by atoms with E-state index in [1.807, 2.05) is 13.8 Å². The van der Waals surface area contributed by atoms with Crippen LogP contribution in [0.5, 0.6) is 0 Å². The molecule has 0 saturated heterocycles. The summed E-state index contributed by atoms with van der Waals surface area (Å²) in [5.74, 6) is 0. The minimum atomic E-state index is -0.755. The molecular weight excluding hydrogens is 390 g/mol. The number of aliphatic hydroxyl groups is 3. The Kier molecular flexibility index (Phi) is 27.7. The monoisotopic (exact) mass is 447 g/mol. The number of hydrogen-bond donors (Lipinski definition) is 4. The van der Waals surface area contributed by atoms with Crippen molar-refractivity contribution in [3.63, 3.8) is 0 Å². The fraction of sp³-hybridized carbons (Fsp3) is 1.00. The van der Waals surface area contributed by atoms with Gasteiger partial charge in [-0.3, -0.25) is 0 Å². The largest absolute Gasteiger partial charge is 0.394 e. The summed E-state index contributed by atoms with van der Waals surface area (Å²) in [5.41, 5.74) is -0.755. The van der Waals surface area contributed by atoms with E-state index in [1.54, 1.807) is 6.92 Å². The Morgan fingerprint density at radius 3 is 1.48 bits per heavy atom. The SMILES string of the molecule is CC.CCCCCCCCCCCCCCCCCOCC(O)CNC(C)(CO)CO. The summed E-state index contributed by atoms with van der Waals surface area (Å²) in [6.07, 6.45) is 19.6. The predicted molar refractivity (Wildman–Crippen MR) is 134 cm³/mol. The van der Waals surface area contributed by atoms with Crippen LogP contribution in [0.15, 0.2) is 0 Å². The molecule has 0 aromatic heterocycles. The minimum absolute atomic E-state index is 0.170. The van der Waals surface area contributed by atoms with E-state index >= 15 is 0 Å². The molecule has 0 aromatic rings. The van der Waals surface area contributed by atoms with Crippen LogP contribution in [0.1, 0.15) is 124 Å². The molecule has 0 aliphatic rings. The first-order valence-corrected chi connectivity index (χ1v) is 13.3. The maximum atomic E-state index is 9.88. The molecule has 0 heterocycles. The molecule has 4 N–H and O–H groups in total. The second-order valence-corrected chi connectivity index (χ2v) is 8.94. The number of unbranched alkanes of at least 4 members (excludes halogenated alkanes) is 14. The molecule has 0 aromatic carbocycles. The van der Waals surface area contributed by atoms with Gasteiger partial charge in [0.05, 0.1) is 31.5 Å². The Morgan fingerprint density at radius 2 is 1.10 bits per heavy atom. The summed E-state index contributed by atoms with van der Waals surface area (Å²) in [4.78, 5) is 0. The molecule has 0 rings (SSSR count). The molecule has 190 valence electrons. The van der Waals surface area contributed by atoms with Gasteiger partial charge < -0.3 is 25.4 Å². The van der Waals surface area contributed by atoms with E-state index in [-0.39, 0.29) is 13.2 Å². The van der Waals surface area contributed by atoms with Crippen molar-refractivity contribution >= 4 is 0 Å². The zero-order chi connectivity index (χ0) is 23.6. The maximum Gasteiger partial charge on any atom is 0.0897 e. The molecule has 31 heavy (non-hydrogen) atoms. The minimum Gasteiger partial charge on any atom is -0.394 e. The van der Waals surface area contributed by atoms with Gasteiger partial charge in [0.15, 0.2) is 0 Å². The third-order valence-corrected chi connectivity index (χ3v) is 5.66. The average molecular weight is 448 g/mol. The van der Waals surface area contributed by atoms with Crippen molar-refractivity contribution in [2.24, 2.45) is 0 Å². The van der Waals surface area contributed by atoms with Crippen molar-refractivity contribution in [2.45, 2.75) is 136 Å². The van der Waals surface area contributed by atoms with Gasteiger partial charge in [0.2, 0.25) is 0 Å². The quantitative estimate of drug-likeness (QED) is 0.153. The van der Waals surface area contributed by atoms with E-state index in [9.17, 15) is 15.3 Å². The van der Waals surface area contributed by atoms with Crippen LogP contribution in [-0.4, -0.2) is 59.9 Å². The molecule has 0 spiro atoms. The van der Waals surface area contributed by atoms with Gasteiger partial charge in [-0.05, 0) is 13.3 Å². The van der Waals surface area contributed by atoms with E-state index in [0.29, 0.717) is 19.8 Å². The second-order valence-electron chi connectivity index (χ2n) is 8.94. The molecule has 0 amide bonds. The number of hydrogen-bond acceptors (Lipinski definition) is 5. The second kappa shape index (κ2) is 26.1. The molecule has 1 atom stereocenters. The smallest absolute Gasteiger partial charge is 0.0897 e. The lowest BCUT2D eigenvalue weighted by atomic mass is 10.0. The van der Waals surface area contributed by atoms with Crippen LogP contribution in [0, 0.1) is 0 Å². The highest BCUT2D eigenvalue weighted by molar-refractivity contribution is 4.82. The van der Waals surface area contributed by atoms with Crippen LogP contribution in [0.2, 0.25) is 0 Å². The fourth-order valence-electron chi connectivity index (χ4n) is 3.38. The van der Waals surface area contributed by atoms with E-state index in [4.69, 9.17) is 4.74 Å². The normalized spacial score (nSPS) is 12.5. The first-order chi connectivity index (χ1) is 15.1. The standard InChI is InChI=1S/C24H51NO4.C2H6/c1-3-4-5-6-7-8-9-10-11-12-13-14-15-16-17-18-29-20-23(28)19-25-24(2,21-26)22-27;1-2/h23,25-28H,3-22H2,1-2H3;1-2H3. The van der Waals surface area contributed by atoms with Gasteiger partial charge in [0.1, 0.15) is 0 Å². The van der Waals surface area contributed by atoms with Crippen LogP contribution in [0.3, 0.4) is 0 Å². The summed E-state index contributed by atoms with van der Waals surface area (Å²) in [7, 11) is 0. The third-order valence-electron chi connectivity index (χ3n) is 5.66. The van der Waals surface area contributed by atoms with E-state index in [0.717, 1.165) is 6.42 Å². The van der Waals surface area contributed by atoms with E-state index < -0.39 is 11.6 Å². The maximum absolute atomic E-state index is 9.88. The fourth-order valence-corrected chi connectivity index (χ4v) is 3.38. The number of nitrogens with one attached hydrogen (secondary N) is 1. The molecule has 0 bridgehead atoms. The van der Waals surface area contributed by atoms with Crippen LogP contribution in [-0.2, 0) is 4.74 Å². The van der Waals surface area contributed by atoms with Crippen molar-refractivity contribution in [1.82, 2.24) is 5.32 Å². The highest BCUT2D eigenvalue weighted by Gasteiger charge is 2.22. The molecular formula is C26H57NO4. The van der Waals surface area contributed by atoms with Gasteiger partial charge >= 0.3 is 0 Å². The van der Waals surface area contributed by atoms with Crippen LogP contribution >= 0.6 is 0 Å². The van der Waals surface area contributed by atoms with Crippen molar-refractivity contribution in [2.75, 3.05) is 33.0 Å². The van der Waals surface area contributed by atoms with Crippen LogP contribution in [0.25, 0.3) is 0 Å². The summed E-state index contributed by atoms with van der Waals surface area (Å²) in [6.45, 7) is 8.93. The van der Waals surface area contributed by atoms with Crippen LogP contribution in [0.4, 0.5) is 0 Å². The van der Waals surface area contributed by atoms with Crippen molar-refractivity contribution < 1.29 is 20.1 Å². The highest BCUT2D eigenvalue weighted by Crippen LogP contribution is 2.13. The highest BCUT2D eigenvalue weighted by atomic mass is 16.5. The predicted octanol–water partition coefficient (Wildman–Crippen LogP) is 5.59. The van der Waals surface area contributed by atoms with Gasteiger partial charge in [0, 0.05) is 13.2 Å². The molecule has 0 radical (unpaired) electrons. The number of aliphatic hydroxyl groups excluding tert-OH is 3. The molecule has 0 saturated carbocycles. The van der Waals surface area contributed by atoms with Crippen molar-refractivity contribution in [3.05, 3.63) is 0 Å². The van der Waals surface area contributed by atoms with Crippen LogP contribution < -0.4 is 5.32 Å².